The highest BCUT2D eigenvalue weighted by Crippen LogP contribution is 2.24. The molecule has 0 spiro atoms. The van der Waals surface area contributed by atoms with Gasteiger partial charge < -0.3 is 15.5 Å². The maximum atomic E-state index is 11.9. The molecule has 4 heteroatoms. The summed E-state index contributed by atoms with van der Waals surface area (Å²) in [5.41, 5.74) is 1.35. The van der Waals surface area contributed by atoms with Crippen molar-refractivity contribution in [1.29, 1.82) is 0 Å². The van der Waals surface area contributed by atoms with Gasteiger partial charge in [0.25, 0.3) is 5.91 Å². The standard InChI is InChI=1S/C14H13NO3/c1-9-6-7-10(13(17)8-9)14(18)15-11-4-2-3-5-12(11)16/h2-8,16-17H,1H3,(H,15,18). The summed E-state index contributed by atoms with van der Waals surface area (Å²) in [5, 5.41) is 21.8. The van der Waals surface area contributed by atoms with Crippen molar-refractivity contribution in [2.45, 2.75) is 6.92 Å². The molecule has 92 valence electrons. The van der Waals surface area contributed by atoms with E-state index in [9.17, 15) is 15.0 Å². The Hall–Kier alpha value is -2.49. The summed E-state index contributed by atoms with van der Waals surface area (Å²) >= 11 is 0. The van der Waals surface area contributed by atoms with Crippen LogP contribution in [-0.4, -0.2) is 16.1 Å². The first-order valence-electron chi connectivity index (χ1n) is 5.47. The predicted octanol–water partition coefficient (Wildman–Crippen LogP) is 2.66. The van der Waals surface area contributed by atoms with Crippen LogP contribution >= 0.6 is 0 Å². The molecule has 0 aliphatic carbocycles. The number of anilines is 1. The number of carbonyl (C=O) groups is 1. The molecule has 4 nitrogen and oxygen atoms in total. The number of aromatic hydroxyl groups is 2. The fourth-order valence-corrected chi connectivity index (χ4v) is 1.60. The van der Waals surface area contributed by atoms with Crippen molar-refractivity contribution in [2.24, 2.45) is 0 Å². The highest BCUT2D eigenvalue weighted by molar-refractivity contribution is 6.06. The van der Waals surface area contributed by atoms with Gasteiger partial charge >= 0.3 is 0 Å². The fourth-order valence-electron chi connectivity index (χ4n) is 1.60. The molecule has 1 amide bonds. The Morgan fingerprint density at radius 2 is 1.78 bits per heavy atom. The van der Waals surface area contributed by atoms with Crippen LogP contribution in [0.5, 0.6) is 11.5 Å². The first kappa shape index (κ1) is 12.0. The van der Waals surface area contributed by atoms with Crippen LogP contribution in [0.2, 0.25) is 0 Å². The van der Waals surface area contributed by atoms with Crippen LogP contribution < -0.4 is 5.32 Å². The number of hydrogen-bond acceptors (Lipinski definition) is 3. The first-order chi connectivity index (χ1) is 8.58. The second-order valence-corrected chi connectivity index (χ2v) is 3.99. The van der Waals surface area contributed by atoms with Crippen molar-refractivity contribution in [3.63, 3.8) is 0 Å². The maximum Gasteiger partial charge on any atom is 0.259 e. The number of hydrogen-bond donors (Lipinski definition) is 3. The lowest BCUT2D eigenvalue weighted by atomic mass is 10.1. The van der Waals surface area contributed by atoms with E-state index in [4.69, 9.17) is 0 Å². The van der Waals surface area contributed by atoms with E-state index in [2.05, 4.69) is 5.32 Å². The third kappa shape index (κ3) is 2.43. The zero-order chi connectivity index (χ0) is 13.1. The zero-order valence-electron chi connectivity index (χ0n) is 9.84. The second kappa shape index (κ2) is 4.79. The summed E-state index contributed by atoms with van der Waals surface area (Å²) in [6.07, 6.45) is 0. The summed E-state index contributed by atoms with van der Waals surface area (Å²) in [5.74, 6) is -0.561. The van der Waals surface area contributed by atoms with Gasteiger partial charge in [0.05, 0.1) is 11.3 Å². The zero-order valence-corrected chi connectivity index (χ0v) is 9.84. The Labute approximate surface area is 105 Å². The molecule has 0 fully saturated rings. The van der Waals surface area contributed by atoms with Crippen LogP contribution in [0.3, 0.4) is 0 Å². The SMILES string of the molecule is Cc1ccc(C(=O)Nc2ccccc2O)c(O)c1. The Morgan fingerprint density at radius 3 is 2.44 bits per heavy atom. The van der Waals surface area contributed by atoms with Crippen LogP contribution in [0.1, 0.15) is 15.9 Å². The van der Waals surface area contributed by atoms with E-state index < -0.39 is 5.91 Å². The van der Waals surface area contributed by atoms with E-state index in [1.165, 1.54) is 12.1 Å². The molecule has 0 radical (unpaired) electrons. The summed E-state index contributed by atoms with van der Waals surface area (Å²) in [4.78, 5) is 11.9. The van der Waals surface area contributed by atoms with Crippen molar-refractivity contribution >= 4 is 11.6 Å². The molecule has 0 aliphatic heterocycles. The number of rotatable bonds is 2. The lowest BCUT2D eigenvalue weighted by Gasteiger charge is -2.08. The summed E-state index contributed by atoms with van der Waals surface area (Å²) in [6, 6.07) is 11.2. The van der Waals surface area contributed by atoms with E-state index in [1.54, 1.807) is 30.3 Å². The van der Waals surface area contributed by atoms with Gasteiger partial charge in [-0.05, 0) is 36.8 Å². The topological polar surface area (TPSA) is 69.6 Å². The van der Waals surface area contributed by atoms with Crippen LogP contribution in [0.25, 0.3) is 0 Å². The van der Waals surface area contributed by atoms with Crippen LogP contribution in [-0.2, 0) is 0 Å². The molecule has 0 saturated carbocycles. The van der Waals surface area contributed by atoms with Crippen molar-refractivity contribution in [1.82, 2.24) is 0 Å². The number of carbonyl (C=O) groups excluding carboxylic acids is 1. The van der Waals surface area contributed by atoms with Gasteiger partial charge in [-0.2, -0.15) is 0 Å². The number of nitrogens with one attached hydrogen (secondary N) is 1. The normalized spacial score (nSPS) is 10.1. The van der Waals surface area contributed by atoms with Crippen molar-refractivity contribution in [3.8, 4) is 11.5 Å². The number of phenols is 2. The molecule has 18 heavy (non-hydrogen) atoms. The molecule has 0 aliphatic rings. The molecule has 2 aromatic carbocycles. The maximum absolute atomic E-state index is 11.9. The van der Waals surface area contributed by atoms with Gasteiger partial charge in [-0.25, -0.2) is 0 Å². The Kier molecular flexibility index (Phi) is 3.19. The molecule has 2 rings (SSSR count). The molecule has 0 bridgehead atoms. The van der Waals surface area contributed by atoms with Crippen molar-refractivity contribution in [2.75, 3.05) is 5.32 Å². The second-order valence-electron chi connectivity index (χ2n) is 3.99. The van der Waals surface area contributed by atoms with E-state index in [1.807, 2.05) is 6.92 Å². The minimum absolute atomic E-state index is 0.0162. The average Bonchev–Trinajstić information content (AvgIpc) is 2.32. The van der Waals surface area contributed by atoms with E-state index in [0.29, 0.717) is 5.69 Å². The van der Waals surface area contributed by atoms with E-state index >= 15 is 0 Å². The number of phenolic OH excluding ortho intramolecular Hbond substituents is 2. The number of para-hydroxylation sites is 2. The quantitative estimate of drug-likeness (QED) is 0.710. The van der Waals surface area contributed by atoms with Crippen molar-refractivity contribution < 1.29 is 15.0 Å². The third-order valence-corrected chi connectivity index (χ3v) is 2.55. The molecular weight excluding hydrogens is 230 g/mol. The van der Waals surface area contributed by atoms with E-state index in [0.717, 1.165) is 5.56 Å². The van der Waals surface area contributed by atoms with Gasteiger partial charge in [0.2, 0.25) is 0 Å². The van der Waals surface area contributed by atoms with Crippen LogP contribution in [0.15, 0.2) is 42.5 Å². The molecule has 0 aromatic heterocycles. The first-order valence-corrected chi connectivity index (χ1v) is 5.47. The van der Waals surface area contributed by atoms with Gasteiger partial charge in [-0.1, -0.05) is 18.2 Å². The molecule has 2 aromatic rings. The van der Waals surface area contributed by atoms with Crippen LogP contribution in [0, 0.1) is 6.92 Å². The smallest absolute Gasteiger partial charge is 0.259 e. The van der Waals surface area contributed by atoms with Gasteiger partial charge in [0, 0.05) is 0 Å². The minimum Gasteiger partial charge on any atom is -0.507 e. The number of benzene rings is 2. The van der Waals surface area contributed by atoms with Gasteiger partial charge in [0.15, 0.2) is 0 Å². The summed E-state index contributed by atoms with van der Waals surface area (Å²) in [7, 11) is 0. The number of aryl methyl sites for hydroxylation is 1. The summed E-state index contributed by atoms with van der Waals surface area (Å²) < 4.78 is 0. The van der Waals surface area contributed by atoms with Crippen molar-refractivity contribution in [3.05, 3.63) is 53.6 Å². The Morgan fingerprint density at radius 1 is 1.06 bits per heavy atom. The average molecular weight is 243 g/mol. The lowest BCUT2D eigenvalue weighted by molar-refractivity contribution is 0.102. The monoisotopic (exact) mass is 243 g/mol. The fraction of sp³-hybridized carbons (Fsp3) is 0.0714. The summed E-state index contributed by atoms with van der Waals surface area (Å²) in [6.45, 7) is 1.82. The van der Waals surface area contributed by atoms with Gasteiger partial charge in [-0.15, -0.1) is 0 Å². The largest absolute Gasteiger partial charge is 0.507 e. The predicted molar refractivity (Wildman–Crippen MR) is 68.9 cm³/mol. The molecule has 0 unspecified atom stereocenters. The van der Waals surface area contributed by atoms with Crippen LogP contribution in [0.4, 0.5) is 5.69 Å². The number of amides is 1. The molecule has 0 atom stereocenters. The highest BCUT2D eigenvalue weighted by atomic mass is 16.3. The molecule has 3 N–H and O–H groups in total. The lowest BCUT2D eigenvalue weighted by Crippen LogP contribution is -2.12. The molecule has 0 saturated heterocycles. The Balaban J connectivity index is 2.25. The molecular formula is C14H13NO3. The van der Waals surface area contributed by atoms with E-state index in [-0.39, 0.29) is 17.1 Å². The minimum atomic E-state index is -0.464. The molecule has 0 heterocycles. The van der Waals surface area contributed by atoms with Gasteiger partial charge in [0.1, 0.15) is 11.5 Å². The third-order valence-electron chi connectivity index (χ3n) is 2.55. The highest BCUT2D eigenvalue weighted by Gasteiger charge is 2.12. The Bertz CT molecular complexity index is 593. The van der Waals surface area contributed by atoms with Gasteiger partial charge in [-0.3, -0.25) is 4.79 Å².